The molecule has 0 bridgehead atoms. The van der Waals surface area contributed by atoms with E-state index < -0.39 is 34.6 Å². The van der Waals surface area contributed by atoms with E-state index in [0.29, 0.717) is 0 Å². The molecule has 7 heteroatoms. The van der Waals surface area contributed by atoms with E-state index in [1.54, 1.807) is 0 Å². The molecule has 0 aromatic carbocycles. The van der Waals surface area contributed by atoms with Gasteiger partial charge in [-0.1, -0.05) is 11.6 Å². The number of carbonyl (C=O) groups is 1. The third-order valence-electron chi connectivity index (χ3n) is 1.60. The van der Waals surface area contributed by atoms with Gasteiger partial charge in [-0.15, -0.1) is 0 Å². The van der Waals surface area contributed by atoms with Crippen LogP contribution in [-0.2, 0) is 4.74 Å². The smallest absolute Gasteiger partial charge is 0.338 e. The molecule has 0 aliphatic rings. The van der Waals surface area contributed by atoms with E-state index in [-0.39, 0.29) is 0 Å². The van der Waals surface area contributed by atoms with Gasteiger partial charge < -0.3 is 4.74 Å². The van der Waals surface area contributed by atoms with E-state index in [9.17, 15) is 18.0 Å². The summed E-state index contributed by atoms with van der Waals surface area (Å²) >= 11 is 5.32. The summed E-state index contributed by atoms with van der Waals surface area (Å²) in [5.41, 5.74) is -1.73. The van der Waals surface area contributed by atoms with Crippen LogP contribution >= 0.6 is 11.6 Å². The molecule has 1 rings (SSSR count). The predicted molar refractivity (Wildman–Crippen MR) is 45.5 cm³/mol. The number of rotatable bonds is 2. The van der Waals surface area contributed by atoms with Crippen LogP contribution < -0.4 is 0 Å². The second-order valence-electron chi connectivity index (χ2n) is 2.49. The second-order valence-corrected chi connectivity index (χ2v) is 2.88. The van der Waals surface area contributed by atoms with Gasteiger partial charge >= 0.3 is 5.97 Å². The minimum atomic E-state index is -3.16. The van der Waals surface area contributed by atoms with Crippen LogP contribution in [0.15, 0.2) is 6.07 Å². The molecule has 0 aliphatic heterocycles. The zero-order valence-electron chi connectivity index (χ0n) is 7.43. The highest BCUT2D eigenvalue weighted by Gasteiger charge is 2.25. The van der Waals surface area contributed by atoms with Gasteiger partial charge in [0.05, 0.1) is 18.2 Å². The highest BCUT2D eigenvalue weighted by molar-refractivity contribution is 6.29. The highest BCUT2D eigenvalue weighted by Crippen LogP contribution is 2.27. The molecular weight excluding hydrogens is 235 g/mol. The van der Waals surface area contributed by atoms with Crippen LogP contribution in [0.3, 0.4) is 0 Å². The molecule has 1 aromatic heterocycles. The molecule has 0 amide bonds. The molecule has 0 atom stereocenters. The number of aromatic nitrogens is 1. The Morgan fingerprint density at radius 3 is 2.67 bits per heavy atom. The number of alkyl halides is 2. The van der Waals surface area contributed by atoms with Crippen molar-refractivity contribution in [1.82, 2.24) is 4.98 Å². The Hall–Kier alpha value is -1.30. The van der Waals surface area contributed by atoms with E-state index in [0.717, 1.165) is 13.2 Å². The van der Waals surface area contributed by atoms with Gasteiger partial charge in [0.1, 0.15) is 5.15 Å². The van der Waals surface area contributed by atoms with Crippen molar-refractivity contribution in [2.45, 2.75) is 6.43 Å². The maximum atomic E-state index is 13.0. The quantitative estimate of drug-likeness (QED) is 0.588. The average Bonchev–Trinajstić information content (AvgIpc) is 2.14. The molecule has 0 unspecified atom stereocenters. The van der Waals surface area contributed by atoms with Crippen LogP contribution in [0.1, 0.15) is 22.3 Å². The van der Waals surface area contributed by atoms with Gasteiger partial charge in [0.15, 0.2) is 0 Å². The molecule has 0 aliphatic carbocycles. The zero-order valence-corrected chi connectivity index (χ0v) is 8.19. The fourth-order valence-electron chi connectivity index (χ4n) is 0.981. The van der Waals surface area contributed by atoms with Crippen molar-refractivity contribution < 1.29 is 22.7 Å². The van der Waals surface area contributed by atoms with Crippen LogP contribution in [0.2, 0.25) is 5.15 Å². The third-order valence-corrected chi connectivity index (χ3v) is 1.80. The molecule has 1 heterocycles. The Bertz CT molecular complexity index is 398. The zero-order chi connectivity index (χ0) is 11.6. The molecule has 0 saturated carbocycles. The summed E-state index contributed by atoms with van der Waals surface area (Å²) in [6.07, 6.45) is -3.16. The number of hydrogen-bond acceptors (Lipinski definition) is 3. The molecule has 0 fully saturated rings. The first-order chi connectivity index (χ1) is 6.97. The molecular formula is C8H5ClF3NO2. The van der Waals surface area contributed by atoms with Crippen molar-refractivity contribution in [2.75, 3.05) is 7.11 Å². The first-order valence-electron chi connectivity index (χ1n) is 3.69. The number of carbonyl (C=O) groups excluding carboxylic acids is 1. The van der Waals surface area contributed by atoms with E-state index in [1.807, 2.05) is 0 Å². The van der Waals surface area contributed by atoms with E-state index >= 15 is 0 Å². The molecule has 82 valence electrons. The molecule has 0 spiro atoms. The lowest BCUT2D eigenvalue weighted by molar-refractivity contribution is 0.0586. The van der Waals surface area contributed by atoms with Crippen molar-refractivity contribution in [3.63, 3.8) is 0 Å². The lowest BCUT2D eigenvalue weighted by Crippen LogP contribution is -2.09. The fraction of sp³-hybridized carbons (Fsp3) is 0.250. The number of pyridine rings is 1. The number of hydrogen-bond donors (Lipinski definition) is 0. The van der Waals surface area contributed by atoms with Gasteiger partial charge in [0.25, 0.3) is 6.43 Å². The van der Waals surface area contributed by atoms with Crippen molar-refractivity contribution in [1.29, 1.82) is 0 Å². The SMILES string of the molecule is COC(=O)c1cc(Cl)nc(F)c1C(F)F. The Balaban J connectivity index is 3.40. The summed E-state index contributed by atoms with van der Waals surface area (Å²) < 4.78 is 42.0. The summed E-state index contributed by atoms with van der Waals surface area (Å²) in [5.74, 6) is -2.56. The van der Waals surface area contributed by atoms with E-state index in [1.165, 1.54) is 0 Å². The monoisotopic (exact) mass is 239 g/mol. The van der Waals surface area contributed by atoms with Crippen LogP contribution in [0.4, 0.5) is 13.2 Å². The predicted octanol–water partition coefficient (Wildman–Crippen LogP) is 2.60. The summed E-state index contributed by atoms with van der Waals surface area (Å²) in [7, 11) is 0.990. The summed E-state index contributed by atoms with van der Waals surface area (Å²) in [6, 6.07) is 0.831. The Kier molecular flexibility index (Phi) is 3.52. The number of esters is 1. The van der Waals surface area contributed by atoms with Gasteiger partial charge in [-0.3, -0.25) is 0 Å². The minimum Gasteiger partial charge on any atom is -0.465 e. The van der Waals surface area contributed by atoms with Gasteiger partial charge in [0, 0.05) is 0 Å². The van der Waals surface area contributed by atoms with Crippen LogP contribution in [-0.4, -0.2) is 18.1 Å². The standard InChI is InChI=1S/C8H5ClF3NO2/c1-15-8(14)3-2-4(9)13-7(12)5(3)6(10)11/h2,6H,1H3. The fourth-order valence-corrected chi connectivity index (χ4v) is 1.16. The van der Waals surface area contributed by atoms with Crippen molar-refractivity contribution in [3.8, 4) is 0 Å². The number of ether oxygens (including phenoxy) is 1. The van der Waals surface area contributed by atoms with Gasteiger partial charge in [-0.2, -0.15) is 4.39 Å². The first-order valence-corrected chi connectivity index (χ1v) is 4.07. The molecule has 0 N–H and O–H groups in total. The largest absolute Gasteiger partial charge is 0.465 e. The molecule has 0 saturated heterocycles. The lowest BCUT2D eigenvalue weighted by Gasteiger charge is -2.07. The lowest BCUT2D eigenvalue weighted by atomic mass is 10.1. The van der Waals surface area contributed by atoms with Crippen LogP contribution in [0.5, 0.6) is 0 Å². The average molecular weight is 240 g/mol. The number of nitrogens with zero attached hydrogens (tertiary/aromatic N) is 1. The molecule has 1 aromatic rings. The Morgan fingerprint density at radius 2 is 2.20 bits per heavy atom. The topological polar surface area (TPSA) is 39.2 Å². The van der Waals surface area contributed by atoms with Gasteiger partial charge in [0.2, 0.25) is 5.95 Å². The van der Waals surface area contributed by atoms with Crippen LogP contribution in [0, 0.1) is 5.95 Å². The summed E-state index contributed by atoms with van der Waals surface area (Å²) in [5, 5.41) is -0.391. The maximum absolute atomic E-state index is 13.0. The first kappa shape index (κ1) is 11.8. The molecule has 3 nitrogen and oxygen atoms in total. The maximum Gasteiger partial charge on any atom is 0.338 e. The van der Waals surface area contributed by atoms with Gasteiger partial charge in [-0.25, -0.2) is 18.6 Å². The normalized spacial score (nSPS) is 10.5. The summed E-state index contributed by atoms with van der Waals surface area (Å²) in [4.78, 5) is 14.0. The Morgan fingerprint density at radius 1 is 1.60 bits per heavy atom. The van der Waals surface area contributed by atoms with E-state index in [4.69, 9.17) is 11.6 Å². The van der Waals surface area contributed by atoms with E-state index in [2.05, 4.69) is 9.72 Å². The Labute approximate surface area is 87.8 Å². The molecule has 15 heavy (non-hydrogen) atoms. The third kappa shape index (κ3) is 2.38. The van der Waals surface area contributed by atoms with Crippen molar-refractivity contribution in [3.05, 3.63) is 28.3 Å². The molecule has 0 radical (unpaired) electrons. The van der Waals surface area contributed by atoms with Crippen molar-refractivity contribution in [2.24, 2.45) is 0 Å². The highest BCUT2D eigenvalue weighted by atomic mass is 35.5. The van der Waals surface area contributed by atoms with Crippen molar-refractivity contribution >= 4 is 17.6 Å². The van der Waals surface area contributed by atoms with Gasteiger partial charge in [-0.05, 0) is 6.07 Å². The second kappa shape index (κ2) is 4.48. The minimum absolute atomic E-state index is 0.391. The van der Waals surface area contributed by atoms with Crippen LogP contribution in [0.25, 0.3) is 0 Å². The number of methoxy groups -OCH3 is 1. The summed E-state index contributed by atoms with van der Waals surface area (Å²) in [6.45, 7) is 0. The number of halogens is 4.